The fourth-order valence-electron chi connectivity index (χ4n) is 2.17. The zero-order chi connectivity index (χ0) is 15.7. The van der Waals surface area contributed by atoms with Crippen molar-refractivity contribution < 1.29 is 18.3 Å². The summed E-state index contributed by atoms with van der Waals surface area (Å²) in [5.41, 5.74) is 0.0122. The second-order valence-corrected chi connectivity index (χ2v) is 5.33. The van der Waals surface area contributed by atoms with Gasteiger partial charge in [0, 0.05) is 10.8 Å². The molecule has 0 saturated carbocycles. The lowest BCUT2D eigenvalue weighted by molar-refractivity contribution is 0.0601. The van der Waals surface area contributed by atoms with Crippen LogP contribution >= 0.6 is 11.3 Å². The Morgan fingerprint density at radius 3 is 2.73 bits per heavy atom. The van der Waals surface area contributed by atoms with Crippen LogP contribution in [0.1, 0.15) is 10.4 Å². The normalized spacial score (nSPS) is 10.7. The van der Waals surface area contributed by atoms with E-state index in [2.05, 4.69) is 10.1 Å². The standard InChI is InChI=1S/C16H11F2NO2S/c1-21-16(20)10-6-9-7-22-8-11(9)14(18)15(10)19-13-5-3-2-4-12(13)17/h2-8,19H,1H3. The van der Waals surface area contributed by atoms with Gasteiger partial charge in [-0.05, 0) is 29.0 Å². The summed E-state index contributed by atoms with van der Waals surface area (Å²) in [5.74, 6) is -1.84. The zero-order valence-electron chi connectivity index (χ0n) is 11.5. The highest BCUT2D eigenvalue weighted by Crippen LogP contribution is 2.34. The van der Waals surface area contributed by atoms with Crippen LogP contribution in [0.5, 0.6) is 0 Å². The fraction of sp³-hybridized carbons (Fsp3) is 0.0625. The van der Waals surface area contributed by atoms with Gasteiger partial charge in [-0.15, -0.1) is 0 Å². The van der Waals surface area contributed by atoms with Gasteiger partial charge in [-0.3, -0.25) is 0 Å². The van der Waals surface area contributed by atoms with Crippen molar-refractivity contribution in [1.29, 1.82) is 0 Å². The Balaban J connectivity index is 2.19. The average Bonchev–Trinajstić information content (AvgIpc) is 2.99. The van der Waals surface area contributed by atoms with Gasteiger partial charge in [0.25, 0.3) is 0 Å². The first-order valence-corrected chi connectivity index (χ1v) is 7.34. The summed E-state index contributed by atoms with van der Waals surface area (Å²) in [4.78, 5) is 11.9. The van der Waals surface area contributed by atoms with Crippen LogP contribution in [0, 0.1) is 11.6 Å². The quantitative estimate of drug-likeness (QED) is 0.711. The molecule has 1 aromatic heterocycles. The van der Waals surface area contributed by atoms with Crippen molar-refractivity contribution in [3.05, 3.63) is 58.3 Å². The molecule has 0 fully saturated rings. The lowest BCUT2D eigenvalue weighted by Crippen LogP contribution is -2.08. The molecule has 0 bridgehead atoms. The van der Waals surface area contributed by atoms with Gasteiger partial charge >= 0.3 is 5.97 Å². The van der Waals surface area contributed by atoms with E-state index >= 15 is 0 Å². The molecule has 6 heteroatoms. The summed E-state index contributed by atoms with van der Waals surface area (Å²) in [6, 6.07) is 7.39. The molecular formula is C16H11F2NO2S. The number of benzene rings is 2. The van der Waals surface area contributed by atoms with Gasteiger partial charge in [0.15, 0.2) is 5.82 Å². The summed E-state index contributed by atoms with van der Waals surface area (Å²) in [5, 5.41) is 7.00. The van der Waals surface area contributed by atoms with Crippen molar-refractivity contribution in [2.75, 3.05) is 12.4 Å². The lowest BCUT2D eigenvalue weighted by Gasteiger charge is -2.13. The predicted octanol–water partition coefficient (Wildman–Crippen LogP) is 4.71. The van der Waals surface area contributed by atoms with Gasteiger partial charge in [0.2, 0.25) is 0 Å². The number of nitrogens with one attached hydrogen (secondary N) is 1. The van der Waals surface area contributed by atoms with E-state index in [-0.39, 0.29) is 16.9 Å². The van der Waals surface area contributed by atoms with E-state index in [1.165, 1.54) is 42.7 Å². The number of para-hydroxylation sites is 1. The molecule has 0 unspecified atom stereocenters. The lowest BCUT2D eigenvalue weighted by atomic mass is 10.1. The van der Waals surface area contributed by atoms with Crippen LogP contribution in [-0.2, 0) is 4.74 Å². The predicted molar refractivity (Wildman–Crippen MR) is 82.8 cm³/mol. The van der Waals surface area contributed by atoms with E-state index in [1.54, 1.807) is 16.8 Å². The first kappa shape index (κ1) is 14.5. The van der Waals surface area contributed by atoms with Crippen molar-refractivity contribution >= 4 is 39.5 Å². The Hall–Kier alpha value is -2.47. The van der Waals surface area contributed by atoms with Crippen LogP contribution in [0.4, 0.5) is 20.2 Å². The number of esters is 1. The molecule has 0 aliphatic rings. The highest BCUT2D eigenvalue weighted by Gasteiger charge is 2.20. The molecule has 3 aromatic rings. The van der Waals surface area contributed by atoms with E-state index in [0.29, 0.717) is 10.8 Å². The molecule has 22 heavy (non-hydrogen) atoms. The number of hydrogen-bond acceptors (Lipinski definition) is 4. The number of anilines is 2. The molecule has 0 radical (unpaired) electrons. The van der Waals surface area contributed by atoms with Crippen LogP contribution in [-0.4, -0.2) is 13.1 Å². The van der Waals surface area contributed by atoms with Gasteiger partial charge < -0.3 is 10.1 Å². The first-order chi connectivity index (χ1) is 10.6. The second-order valence-electron chi connectivity index (χ2n) is 4.58. The van der Waals surface area contributed by atoms with Crippen LogP contribution in [0.15, 0.2) is 41.1 Å². The Morgan fingerprint density at radius 2 is 2.00 bits per heavy atom. The number of thiophene rings is 1. The molecule has 1 N–H and O–H groups in total. The Kier molecular flexibility index (Phi) is 3.77. The van der Waals surface area contributed by atoms with E-state index in [9.17, 15) is 13.6 Å². The number of halogens is 2. The van der Waals surface area contributed by atoms with E-state index in [0.717, 1.165) is 0 Å². The number of rotatable bonds is 3. The maximum Gasteiger partial charge on any atom is 0.340 e. The molecule has 0 aliphatic carbocycles. The minimum atomic E-state index is -0.689. The van der Waals surface area contributed by atoms with Crippen molar-refractivity contribution in [3.8, 4) is 0 Å². The Bertz CT molecular complexity index is 860. The SMILES string of the molecule is COC(=O)c1cc2cscc2c(F)c1Nc1ccccc1F. The van der Waals surface area contributed by atoms with Gasteiger partial charge in [-0.2, -0.15) is 11.3 Å². The minimum absolute atomic E-state index is 0.0224. The van der Waals surface area contributed by atoms with E-state index in [4.69, 9.17) is 0 Å². The van der Waals surface area contributed by atoms with E-state index in [1.807, 2.05) is 0 Å². The van der Waals surface area contributed by atoms with Gasteiger partial charge in [-0.1, -0.05) is 12.1 Å². The molecule has 112 valence electrons. The zero-order valence-corrected chi connectivity index (χ0v) is 12.3. The van der Waals surface area contributed by atoms with Gasteiger partial charge in [0.05, 0.1) is 24.0 Å². The van der Waals surface area contributed by atoms with Crippen LogP contribution in [0.25, 0.3) is 10.8 Å². The molecule has 3 nitrogen and oxygen atoms in total. The number of ether oxygens (including phenoxy) is 1. The minimum Gasteiger partial charge on any atom is -0.465 e. The first-order valence-electron chi connectivity index (χ1n) is 6.40. The molecule has 0 saturated heterocycles. The van der Waals surface area contributed by atoms with Crippen molar-refractivity contribution in [2.24, 2.45) is 0 Å². The molecular weight excluding hydrogens is 308 g/mol. The number of hydrogen-bond donors (Lipinski definition) is 1. The van der Waals surface area contributed by atoms with Gasteiger partial charge in [0.1, 0.15) is 5.82 Å². The topological polar surface area (TPSA) is 38.3 Å². The average molecular weight is 319 g/mol. The molecule has 1 heterocycles. The summed E-state index contributed by atoms with van der Waals surface area (Å²) in [6.07, 6.45) is 0. The molecule has 0 amide bonds. The largest absolute Gasteiger partial charge is 0.465 e. The Labute approximate surface area is 129 Å². The summed E-state index contributed by atoms with van der Waals surface area (Å²) >= 11 is 1.32. The van der Waals surface area contributed by atoms with Crippen LogP contribution in [0.2, 0.25) is 0 Å². The van der Waals surface area contributed by atoms with Gasteiger partial charge in [-0.25, -0.2) is 13.6 Å². The number of fused-ring (bicyclic) bond motifs is 1. The molecule has 0 atom stereocenters. The maximum atomic E-state index is 14.7. The second kappa shape index (κ2) is 5.73. The molecule has 0 spiro atoms. The number of carbonyl (C=O) groups is 1. The van der Waals surface area contributed by atoms with Crippen molar-refractivity contribution in [1.82, 2.24) is 0 Å². The summed E-state index contributed by atoms with van der Waals surface area (Å²) in [7, 11) is 1.21. The van der Waals surface area contributed by atoms with Crippen molar-refractivity contribution in [3.63, 3.8) is 0 Å². The number of carbonyl (C=O) groups excluding carboxylic acids is 1. The highest BCUT2D eigenvalue weighted by molar-refractivity contribution is 7.09. The third-order valence-electron chi connectivity index (χ3n) is 3.26. The fourth-order valence-corrected chi connectivity index (χ4v) is 2.95. The monoisotopic (exact) mass is 319 g/mol. The highest BCUT2D eigenvalue weighted by atomic mass is 32.1. The van der Waals surface area contributed by atoms with Crippen LogP contribution < -0.4 is 5.32 Å². The Morgan fingerprint density at radius 1 is 1.23 bits per heavy atom. The molecule has 2 aromatic carbocycles. The van der Waals surface area contributed by atoms with E-state index < -0.39 is 17.6 Å². The summed E-state index contributed by atoms with van der Waals surface area (Å²) in [6.45, 7) is 0. The smallest absolute Gasteiger partial charge is 0.340 e. The third kappa shape index (κ3) is 2.42. The third-order valence-corrected chi connectivity index (χ3v) is 4.02. The summed E-state index contributed by atoms with van der Waals surface area (Å²) < 4.78 is 33.2. The molecule has 3 rings (SSSR count). The maximum absolute atomic E-state index is 14.7. The van der Waals surface area contributed by atoms with Crippen molar-refractivity contribution in [2.45, 2.75) is 0 Å². The number of methoxy groups -OCH3 is 1. The van der Waals surface area contributed by atoms with Crippen LogP contribution in [0.3, 0.4) is 0 Å². The molecule has 0 aliphatic heterocycles.